The highest BCUT2D eigenvalue weighted by Crippen LogP contribution is 2.39. The number of rotatable bonds is 9. The van der Waals surface area contributed by atoms with Crippen molar-refractivity contribution >= 4 is 5.95 Å². The second-order valence-corrected chi connectivity index (χ2v) is 8.68. The van der Waals surface area contributed by atoms with E-state index in [2.05, 4.69) is 63.4 Å². The minimum atomic E-state index is -0.668. The Balaban J connectivity index is 1.77. The summed E-state index contributed by atoms with van der Waals surface area (Å²) in [6, 6.07) is 7.40. The maximum absolute atomic E-state index is 14.5. The van der Waals surface area contributed by atoms with Crippen LogP contribution in [0.1, 0.15) is 69.2 Å². The molecule has 1 aromatic carbocycles. The zero-order valence-corrected chi connectivity index (χ0v) is 20.2. The van der Waals surface area contributed by atoms with Gasteiger partial charge in [0, 0.05) is 6.20 Å². The van der Waals surface area contributed by atoms with Crippen molar-refractivity contribution in [1.82, 2.24) is 35.3 Å². The maximum Gasteiger partial charge on any atom is 0.223 e. The minimum Gasteiger partial charge on any atom is -0.347 e. The number of aromatic nitrogens is 7. The van der Waals surface area contributed by atoms with Crippen LogP contribution >= 0.6 is 0 Å². The topological polar surface area (TPSA) is 105 Å². The number of nitrogens with one attached hydrogen (secondary N) is 2. The third-order valence-corrected chi connectivity index (χ3v) is 6.52. The van der Waals surface area contributed by atoms with E-state index in [-0.39, 0.29) is 17.2 Å². The summed E-state index contributed by atoms with van der Waals surface area (Å²) >= 11 is 0. The molecule has 0 aliphatic heterocycles. The van der Waals surface area contributed by atoms with E-state index in [0.717, 1.165) is 23.4 Å². The summed E-state index contributed by atoms with van der Waals surface area (Å²) in [6.07, 6.45) is 4.70. The predicted octanol–water partition coefficient (Wildman–Crippen LogP) is 5.17. The highest BCUT2D eigenvalue weighted by Gasteiger charge is 2.35. The van der Waals surface area contributed by atoms with Gasteiger partial charge in [-0.15, -0.1) is 15.3 Å². The first-order valence-electron chi connectivity index (χ1n) is 11.6. The standard InChI is InChI=1S/C25H28F2N8/c1-5-15(3)16-12-19(22-17(26)8-7-9-18(22)27)33-35-23(16)25(4,6-2)20-10-11-28-24(32-20)29-13-21-30-14-31-34-21/h7-12,14-15H,5-6,13H2,1-4H3,(H,28,29,32)(H,30,31,34)/t15-,25-/m0/s1. The van der Waals surface area contributed by atoms with Crippen LogP contribution in [-0.4, -0.2) is 35.3 Å². The quantitative estimate of drug-likeness (QED) is 0.342. The van der Waals surface area contributed by atoms with Crippen LogP contribution in [0.5, 0.6) is 0 Å². The summed E-state index contributed by atoms with van der Waals surface area (Å²) in [7, 11) is 0. The molecule has 4 rings (SSSR count). The van der Waals surface area contributed by atoms with Gasteiger partial charge in [-0.2, -0.15) is 5.10 Å². The molecule has 0 fully saturated rings. The summed E-state index contributed by atoms with van der Waals surface area (Å²) in [5, 5.41) is 19.7. The molecular formula is C25H28F2N8. The third-order valence-electron chi connectivity index (χ3n) is 6.52. The van der Waals surface area contributed by atoms with Gasteiger partial charge in [0.15, 0.2) is 0 Å². The fourth-order valence-electron chi connectivity index (χ4n) is 4.00. The van der Waals surface area contributed by atoms with Gasteiger partial charge in [0.25, 0.3) is 0 Å². The number of halogens is 2. The van der Waals surface area contributed by atoms with Gasteiger partial charge in [-0.1, -0.05) is 26.8 Å². The van der Waals surface area contributed by atoms with Crippen LogP contribution in [0, 0.1) is 11.6 Å². The van der Waals surface area contributed by atoms with Crippen molar-refractivity contribution in [2.45, 2.75) is 58.4 Å². The Kier molecular flexibility index (Phi) is 7.09. The summed E-state index contributed by atoms with van der Waals surface area (Å²) < 4.78 is 29.0. The van der Waals surface area contributed by atoms with E-state index in [1.165, 1.54) is 24.5 Å². The van der Waals surface area contributed by atoms with Crippen molar-refractivity contribution in [3.8, 4) is 11.3 Å². The second kappa shape index (κ2) is 10.2. The van der Waals surface area contributed by atoms with Crippen molar-refractivity contribution in [3.63, 3.8) is 0 Å². The van der Waals surface area contributed by atoms with Crippen molar-refractivity contribution in [2.24, 2.45) is 0 Å². The Morgan fingerprint density at radius 3 is 2.51 bits per heavy atom. The van der Waals surface area contributed by atoms with E-state index in [9.17, 15) is 8.78 Å². The molecule has 8 nitrogen and oxygen atoms in total. The number of hydrogen-bond acceptors (Lipinski definition) is 7. The molecule has 3 heterocycles. The summed E-state index contributed by atoms with van der Waals surface area (Å²) in [5.74, 6) is -0.136. The molecule has 0 spiro atoms. The minimum absolute atomic E-state index is 0.0887. The fraction of sp³-hybridized carbons (Fsp3) is 0.360. The smallest absolute Gasteiger partial charge is 0.223 e. The Bertz CT molecular complexity index is 1270. The van der Waals surface area contributed by atoms with E-state index in [0.29, 0.717) is 24.7 Å². The van der Waals surface area contributed by atoms with Gasteiger partial charge in [0.2, 0.25) is 5.95 Å². The normalized spacial score (nSPS) is 13.9. The highest BCUT2D eigenvalue weighted by molar-refractivity contribution is 5.62. The van der Waals surface area contributed by atoms with Crippen molar-refractivity contribution < 1.29 is 8.78 Å². The Hall–Kier alpha value is -3.82. The molecule has 3 aromatic heterocycles. The molecule has 0 bridgehead atoms. The average molecular weight is 479 g/mol. The van der Waals surface area contributed by atoms with Crippen LogP contribution < -0.4 is 5.32 Å². The average Bonchev–Trinajstić information content (AvgIpc) is 3.40. The monoisotopic (exact) mass is 478 g/mol. The summed E-state index contributed by atoms with van der Waals surface area (Å²) in [6.45, 7) is 8.64. The van der Waals surface area contributed by atoms with Crippen LogP contribution in [0.25, 0.3) is 11.3 Å². The lowest BCUT2D eigenvalue weighted by molar-refractivity contribution is 0.495. The van der Waals surface area contributed by atoms with Gasteiger partial charge >= 0.3 is 0 Å². The molecule has 0 radical (unpaired) electrons. The Labute approximate surface area is 202 Å². The van der Waals surface area contributed by atoms with E-state index in [4.69, 9.17) is 4.98 Å². The Morgan fingerprint density at radius 1 is 1.09 bits per heavy atom. The molecule has 0 unspecified atom stereocenters. The summed E-state index contributed by atoms with van der Waals surface area (Å²) in [5.41, 5.74) is 1.78. The molecule has 0 aliphatic rings. The zero-order valence-electron chi connectivity index (χ0n) is 20.2. The van der Waals surface area contributed by atoms with Gasteiger partial charge in [-0.05, 0) is 55.5 Å². The number of H-pyrrole nitrogens is 1. The first-order chi connectivity index (χ1) is 16.9. The molecule has 0 saturated carbocycles. The van der Waals surface area contributed by atoms with Crippen LogP contribution in [0.4, 0.5) is 14.7 Å². The van der Waals surface area contributed by atoms with Gasteiger partial charge < -0.3 is 10.3 Å². The number of aromatic amines is 1. The molecule has 0 saturated heterocycles. The van der Waals surface area contributed by atoms with Crippen LogP contribution in [-0.2, 0) is 12.0 Å². The first kappa shape index (κ1) is 24.3. The number of hydrogen-bond donors (Lipinski definition) is 2. The number of nitrogens with zero attached hydrogens (tertiary/aromatic N) is 6. The van der Waals surface area contributed by atoms with Crippen molar-refractivity contribution in [2.75, 3.05) is 5.32 Å². The molecule has 182 valence electrons. The van der Waals surface area contributed by atoms with E-state index in [1.54, 1.807) is 12.3 Å². The molecule has 4 aromatic rings. The van der Waals surface area contributed by atoms with Crippen molar-refractivity contribution in [3.05, 3.63) is 77.3 Å². The zero-order chi connectivity index (χ0) is 25.0. The molecule has 10 heteroatoms. The van der Waals surface area contributed by atoms with E-state index < -0.39 is 17.0 Å². The second-order valence-electron chi connectivity index (χ2n) is 8.68. The number of benzene rings is 1. The van der Waals surface area contributed by atoms with Crippen LogP contribution in [0.15, 0.2) is 42.9 Å². The molecule has 35 heavy (non-hydrogen) atoms. The van der Waals surface area contributed by atoms with Gasteiger partial charge in [-0.3, -0.25) is 0 Å². The molecule has 2 atom stereocenters. The maximum atomic E-state index is 14.5. The fourth-order valence-corrected chi connectivity index (χ4v) is 4.00. The van der Waals surface area contributed by atoms with E-state index in [1.807, 2.05) is 6.07 Å². The lowest BCUT2D eigenvalue weighted by Gasteiger charge is -2.30. The first-order valence-corrected chi connectivity index (χ1v) is 11.6. The third kappa shape index (κ3) is 4.87. The van der Waals surface area contributed by atoms with Gasteiger partial charge in [0.05, 0.1) is 34.6 Å². The van der Waals surface area contributed by atoms with Gasteiger partial charge in [-0.25, -0.2) is 18.7 Å². The number of anilines is 1. The highest BCUT2D eigenvalue weighted by atomic mass is 19.1. The molecule has 0 aliphatic carbocycles. The predicted molar refractivity (Wildman–Crippen MR) is 129 cm³/mol. The van der Waals surface area contributed by atoms with Gasteiger partial charge in [0.1, 0.15) is 23.8 Å². The molecular weight excluding hydrogens is 450 g/mol. The van der Waals surface area contributed by atoms with Crippen LogP contribution in [0.2, 0.25) is 0 Å². The molecule has 2 N–H and O–H groups in total. The Morgan fingerprint density at radius 2 is 1.86 bits per heavy atom. The summed E-state index contributed by atoms with van der Waals surface area (Å²) in [4.78, 5) is 12.0. The van der Waals surface area contributed by atoms with E-state index >= 15 is 0 Å². The van der Waals surface area contributed by atoms with Crippen molar-refractivity contribution in [1.29, 1.82) is 0 Å². The SMILES string of the molecule is CC[C@H](C)c1cc(-c2c(F)cccc2F)nnc1[C@@](C)(CC)c1ccnc(NCc2nnc[nH]2)n1. The molecule has 0 amide bonds. The largest absolute Gasteiger partial charge is 0.347 e. The lowest BCUT2D eigenvalue weighted by Crippen LogP contribution is -2.29. The van der Waals surface area contributed by atoms with Crippen LogP contribution in [0.3, 0.4) is 0 Å². The lowest BCUT2D eigenvalue weighted by atomic mass is 9.76.